The van der Waals surface area contributed by atoms with Crippen LogP contribution in [0, 0.1) is 27.7 Å². The van der Waals surface area contributed by atoms with Gasteiger partial charge in [-0.3, -0.25) is 9.13 Å². The van der Waals surface area contributed by atoms with E-state index in [2.05, 4.69) is 68.9 Å². The minimum absolute atomic E-state index is 0.391. The highest BCUT2D eigenvalue weighted by molar-refractivity contribution is 6.61. The fraction of sp³-hybridized carbons (Fsp3) is 0.429. The van der Waals surface area contributed by atoms with Crippen LogP contribution in [0.5, 0.6) is 0 Å². The number of aryl methyl sites for hydroxylation is 2. The van der Waals surface area contributed by atoms with Crippen LogP contribution in [-0.2, 0) is 14.1 Å². The Labute approximate surface area is 104 Å². The number of imidazole rings is 1. The average Bonchev–Trinajstić information content (AvgIpc) is 2.42. The van der Waals surface area contributed by atoms with Gasteiger partial charge in [0.25, 0.3) is 0 Å². The first kappa shape index (κ1) is 12.1. The maximum Gasteiger partial charge on any atom is 0.139 e. The Morgan fingerprint density at radius 1 is 1.06 bits per heavy atom. The molecule has 2 nitrogen and oxygen atoms in total. The lowest BCUT2D eigenvalue weighted by molar-refractivity contribution is -0.663. The van der Waals surface area contributed by atoms with E-state index in [0.717, 1.165) is 0 Å². The summed E-state index contributed by atoms with van der Waals surface area (Å²) in [6, 6.07) is 2.24. The summed E-state index contributed by atoms with van der Waals surface area (Å²) in [5, 5.41) is 0. The highest BCUT2D eigenvalue weighted by atomic mass is 15.1. The first-order chi connectivity index (χ1) is 7.91. The van der Waals surface area contributed by atoms with Crippen LogP contribution < -0.4 is 4.57 Å². The van der Waals surface area contributed by atoms with Crippen LogP contribution in [-0.4, -0.2) is 10.9 Å². The van der Waals surface area contributed by atoms with Crippen LogP contribution in [0.15, 0.2) is 18.0 Å². The van der Waals surface area contributed by atoms with Gasteiger partial charge in [0.15, 0.2) is 0 Å². The predicted octanol–water partition coefficient (Wildman–Crippen LogP) is 2.10. The van der Waals surface area contributed by atoms with E-state index < -0.39 is 0 Å². The molecule has 2 rings (SSSR count). The number of hydrogen-bond acceptors (Lipinski definition) is 0. The lowest BCUT2D eigenvalue weighted by Crippen LogP contribution is -2.35. The molecule has 0 aliphatic heterocycles. The van der Waals surface area contributed by atoms with E-state index in [1.54, 1.807) is 0 Å². The molecule has 2 aromatic heterocycles. The summed E-state index contributed by atoms with van der Waals surface area (Å²) in [4.78, 5) is 0. The van der Waals surface area contributed by atoms with Crippen molar-refractivity contribution in [2.45, 2.75) is 27.7 Å². The average molecular weight is 228 g/mol. The van der Waals surface area contributed by atoms with Gasteiger partial charge in [-0.1, -0.05) is 17.2 Å². The molecule has 0 aliphatic carbocycles. The summed E-state index contributed by atoms with van der Waals surface area (Å²) >= 11 is 0. The van der Waals surface area contributed by atoms with Crippen molar-refractivity contribution in [1.82, 2.24) is 4.57 Å². The summed E-state index contributed by atoms with van der Waals surface area (Å²) < 4.78 is 4.61. The minimum atomic E-state index is 0.391. The van der Waals surface area contributed by atoms with Gasteiger partial charge in [0.05, 0.1) is 19.8 Å². The van der Waals surface area contributed by atoms with E-state index in [1.165, 1.54) is 28.2 Å². The molecule has 90 valence electrons. The Balaban J connectivity index is 2.72. The SMILES string of the molecule is Cc1c[b-](-c2n(C)c(C)c(C)[n+]2C)cc(C)c1. The summed E-state index contributed by atoms with van der Waals surface area (Å²) in [6.07, 6.45) is 0.391. The Hall–Kier alpha value is -1.38. The van der Waals surface area contributed by atoms with Crippen molar-refractivity contribution in [3.63, 3.8) is 0 Å². The highest BCUT2D eigenvalue weighted by Crippen LogP contribution is 2.11. The number of hydrogen-bond donors (Lipinski definition) is 0. The second-order valence-electron chi connectivity index (χ2n) is 5.14. The molecule has 0 saturated heterocycles. The standard InChI is InChI=1S/C14H21BN2/c1-10-7-11(2)9-15(8-10)14-16(5)12(3)13(4)17(14)6/h7-9H,1-6H3. The molecule has 0 radical (unpaired) electrons. The van der Waals surface area contributed by atoms with Crippen molar-refractivity contribution in [2.24, 2.45) is 14.1 Å². The van der Waals surface area contributed by atoms with Crippen LogP contribution in [0.3, 0.4) is 0 Å². The molecule has 0 aliphatic rings. The monoisotopic (exact) mass is 228 g/mol. The van der Waals surface area contributed by atoms with Gasteiger partial charge >= 0.3 is 0 Å². The van der Waals surface area contributed by atoms with Gasteiger partial charge in [0.2, 0.25) is 0 Å². The number of rotatable bonds is 1. The second-order valence-corrected chi connectivity index (χ2v) is 5.14. The predicted molar refractivity (Wildman–Crippen MR) is 72.8 cm³/mol. The summed E-state index contributed by atoms with van der Waals surface area (Å²) in [5.41, 5.74) is 6.74. The zero-order chi connectivity index (χ0) is 12.7. The molecule has 2 heterocycles. The Bertz CT molecular complexity index is 537. The first-order valence-electron chi connectivity index (χ1n) is 6.15. The second kappa shape index (κ2) is 4.13. The third-order valence-corrected chi connectivity index (χ3v) is 3.86. The highest BCUT2D eigenvalue weighted by Gasteiger charge is 2.14. The normalized spacial score (nSPS) is 10.9. The van der Waals surface area contributed by atoms with E-state index in [0.29, 0.717) is 6.34 Å². The van der Waals surface area contributed by atoms with Crippen LogP contribution in [0.2, 0.25) is 0 Å². The maximum absolute atomic E-state index is 2.33. The summed E-state index contributed by atoms with van der Waals surface area (Å²) in [6.45, 7) is 8.71. The molecule has 0 amide bonds. The molecule has 0 unspecified atom stereocenters. The van der Waals surface area contributed by atoms with Crippen molar-refractivity contribution < 1.29 is 4.57 Å². The van der Waals surface area contributed by atoms with Gasteiger partial charge in [0.1, 0.15) is 11.4 Å². The molecule has 0 aromatic carbocycles. The Morgan fingerprint density at radius 3 is 2.00 bits per heavy atom. The molecule has 0 atom stereocenters. The van der Waals surface area contributed by atoms with Crippen LogP contribution in [0.25, 0.3) is 5.72 Å². The fourth-order valence-electron chi connectivity index (χ4n) is 2.72. The zero-order valence-electron chi connectivity index (χ0n) is 11.7. The van der Waals surface area contributed by atoms with Gasteiger partial charge in [-0.2, -0.15) is 0 Å². The summed E-state index contributed by atoms with van der Waals surface area (Å²) in [7, 11) is 4.31. The van der Waals surface area contributed by atoms with E-state index in [4.69, 9.17) is 0 Å². The molecule has 0 spiro atoms. The molecular formula is C14H21BN2. The van der Waals surface area contributed by atoms with Gasteiger partial charge in [-0.15, -0.1) is 0 Å². The van der Waals surface area contributed by atoms with Crippen molar-refractivity contribution in [3.05, 3.63) is 40.5 Å². The molecule has 0 bridgehead atoms. The van der Waals surface area contributed by atoms with Gasteiger partial charge < -0.3 is 0 Å². The Morgan fingerprint density at radius 2 is 1.59 bits per heavy atom. The van der Waals surface area contributed by atoms with Gasteiger partial charge in [-0.05, 0) is 13.8 Å². The Kier molecular flexibility index (Phi) is 2.94. The largest absolute Gasteiger partial charge is 0.272 e. The molecule has 17 heavy (non-hydrogen) atoms. The third-order valence-electron chi connectivity index (χ3n) is 3.86. The molecule has 3 heteroatoms. The van der Waals surface area contributed by atoms with Crippen molar-refractivity contribution in [1.29, 1.82) is 0 Å². The smallest absolute Gasteiger partial charge is 0.139 e. The molecule has 2 aromatic rings. The lowest BCUT2D eigenvalue weighted by atomic mass is 9.62. The van der Waals surface area contributed by atoms with Crippen LogP contribution in [0.1, 0.15) is 22.5 Å². The zero-order valence-corrected chi connectivity index (χ0v) is 11.7. The topological polar surface area (TPSA) is 8.81 Å². The quantitative estimate of drug-likeness (QED) is 0.661. The first-order valence-corrected chi connectivity index (χ1v) is 6.15. The minimum Gasteiger partial charge on any atom is -0.272 e. The third kappa shape index (κ3) is 1.94. The van der Waals surface area contributed by atoms with Gasteiger partial charge in [0, 0.05) is 20.2 Å². The molecule has 0 N–H and O–H groups in total. The number of aromatic nitrogens is 2. The number of nitrogens with zero attached hydrogens (tertiary/aromatic N) is 2. The van der Waals surface area contributed by atoms with Crippen molar-refractivity contribution in [3.8, 4) is 5.72 Å². The van der Waals surface area contributed by atoms with E-state index in [1.807, 2.05) is 0 Å². The van der Waals surface area contributed by atoms with Crippen LogP contribution in [0.4, 0.5) is 0 Å². The molecule has 0 saturated carbocycles. The lowest BCUT2D eigenvalue weighted by Gasteiger charge is -2.13. The van der Waals surface area contributed by atoms with Crippen LogP contribution >= 0.6 is 0 Å². The molecule has 0 fully saturated rings. The van der Waals surface area contributed by atoms with E-state index >= 15 is 0 Å². The fourth-order valence-corrected chi connectivity index (χ4v) is 2.72. The van der Waals surface area contributed by atoms with Gasteiger partial charge in [-0.25, -0.2) is 11.9 Å². The summed E-state index contributed by atoms with van der Waals surface area (Å²) in [5.74, 6) is 4.67. The van der Waals surface area contributed by atoms with Crippen molar-refractivity contribution >= 4 is 6.34 Å². The molecular weight excluding hydrogens is 207 g/mol. The van der Waals surface area contributed by atoms with E-state index in [9.17, 15) is 0 Å². The van der Waals surface area contributed by atoms with E-state index in [-0.39, 0.29) is 0 Å². The maximum atomic E-state index is 2.33. The van der Waals surface area contributed by atoms with Crippen molar-refractivity contribution in [2.75, 3.05) is 0 Å².